The molecule has 100 valence electrons. The highest BCUT2D eigenvalue weighted by molar-refractivity contribution is 9.08. The minimum Gasteiger partial charge on any atom is -0.241 e. The Hall–Kier alpha value is -0.580. The van der Waals surface area contributed by atoms with Gasteiger partial charge in [-0.25, -0.2) is 18.7 Å². The molecule has 18 heavy (non-hydrogen) atoms. The van der Waals surface area contributed by atoms with Crippen molar-refractivity contribution >= 4 is 15.9 Å². The maximum Gasteiger partial charge on any atom is 0.280 e. The number of aromatic nitrogens is 2. The third kappa shape index (κ3) is 3.05. The fraction of sp³-hybridized carbons (Fsp3) is 0.692. The van der Waals surface area contributed by atoms with Gasteiger partial charge in [-0.15, -0.1) is 0 Å². The Morgan fingerprint density at radius 1 is 1.44 bits per heavy atom. The predicted octanol–water partition coefficient (Wildman–Crippen LogP) is 4.60. The van der Waals surface area contributed by atoms with Crippen molar-refractivity contribution in [3.63, 3.8) is 0 Å². The number of hydrogen-bond acceptors (Lipinski definition) is 2. The molecule has 1 aromatic heterocycles. The van der Waals surface area contributed by atoms with Gasteiger partial charge in [0.1, 0.15) is 11.5 Å². The first-order valence-electron chi connectivity index (χ1n) is 6.31. The number of hydrogen-bond donors (Lipinski definition) is 0. The van der Waals surface area contributed by atoms with Gasteiger partial charge in [-0.1, -0.05) is 35.7 Å². The largest absolute Gasteiger partial charge is 0.280 e. The fourth-order valence-corrected chi connectivity index (χ4v) is 3.02. The van der Waals surface area contributed by atoms with E-state index in [0.29, 0.717) is 22.6 Å². The zero-order chi connectivity index (χ0) is 13.1. The predicted molar refractivity (Wildman–Crippen MR) is 70.0 cm³/mol. The lowest BCUT2D eigenvalue weighted by atomic mass is 9.82. The molecule has 1 fully saturated rings. The summed E-state index contributed by atoms with van der Waals surface area (Å²) in [5.74, 6) is 1.48. The molecule has 0 bridgehead atoms. The first-order chi connectivity index (χ1) is 8.61. The van der Waals surface area contributed by atoms with E-state index < -0.39 is 6.43 Å². The van der Waals surface area contributed by atoms with Crippen molar-refractivity contribution in [1.29, 1.82) is 0 Å². The summed E-state index contributed by atoms with van der Waals surface area (Å²) in [7, 11) is 0. The summed E-state index contributed by atoms with van der Waals surface area (Å²) < 4.78 is 25.9. The van der Waals surface area contributed by atoms with Crippen LogP contribution >= 0.6 is 15.9 Å². The Kier molecular flexibility index (Phi) is 4.65. The van der Waals surface area contributed by atoms with E-state index in [1.54, 1.807) is 0 Å². The van der Waals surface area contributed by atoms with Crippen molar-refractivity contribution in [2.24, 2.45) is 5.92 Å². The molecule has 0 aromatic carbocycles. The Labute approximate surface area is 114 Å². The van der Waals surface area contributed by atoms with E-state index in [1.807, 2.05) is 0 Å². The average Bonchev–Trinajstić information content (AvgIpc) is 2.38. The van der Waals surface area contributed by atoms with Gasteiger partial charge in [-0.3, -0.25) is 0 Å². The molecule has 1 aliphatic rings. The van der Waals surface area contributed by atoms with Crippen LogP contribution in [0.2, 0.25) is 0 Å². The summed E-state index contributed by atoms with van der Waals surface area (Å²) in [5.41, 5.74) is 0.368. The van der Waals surface area contributed by atoms with Gasteiger partial charge in [-0.05, 0) is 18.8 Å². The Morgan fingerprint density at radius 2 is 2.22 bits per heavy atom. The third-order valence-electron chi connectivity index (χ3n) is 3.57. The van der Waals surface area contributed by atoms with Gasteiger partial charge in [0, 0.05) is 23.0 Å². The van der Waals surface area contributed by atoms with Crippen LogP contribution in [0.4, 0.5) is 8.78 Å². The molecule has 1 saturated carbocycles. The van der Waals surface area contributed by atoms with Gasteiger partial charge in [0.15, 0.2) is 0 Å². The summed E-state index contributed by atoms with van der Waals surface area (Å²) in [4.78, 5) is 8.39. The van der Waals surface area contributed by atoms with Crippen molar-refractivity contribution < 1.29 is 8.78 Å². The zero-order valence-electron chi connectivity index (χ0n) is 10.4. The molecule has 2 rings (SSSR count). The van der Waals surface area contributed by atoms with E-state index in [1.165, 1.54) is 12.6 Å². The highest BCUT2D eigenvalue weighted by Gasteiger charge is 2.24. The summed E-state index contributed by atoms with van der Waals surface area (Å²) in [6.45, 7) is 2.20. The quantitative estimate of drug-likeness (QED) is 0.761. The molecule has 1 aromatic rings. The molecule has 0 aliphatic heterocycles. The molecular formula is C13H17BrF2N2. The zero-order valence-corrected chi connectivity index (χ0v) is 12.0. The molecule has 0 radical (unpaired) electrons. The van der Waals surface area contributed by atoms with Gasteiger partial charge in [0.05, 0.1) is 0 Å². The van der Waals surface area contributed by atoms with E-state index in [4.69, 9.17) is 0 Å². The van der Waals surface area contributed by atoms with E-state index in [2.05, 4.69) is 32.8 Å². The highest BCUT2D eigenvalue weighted by Crippen LogP contribution is 2.35. The second-order valence-corrected chi connectivity index (χ2v) is 5.60. The smallest absolute Gasteiger partial charge is 0.241 e. The molecule has 0 saturated heterocycles. The van der Waals surface area contributed by atoms with Crippen molar-refractivity contribution in [2.75, 3.05) is 0 Å². The molecule has 1 aliphatic carbocycles. The molecule has 0 N–H and O–H groups in total. The fourth-order valence-electron chi connectivity index (χ4n) is 2.59. The summed E-state index contributed by atoms with van der Waals surface area (Å²) in [6, 6.07) is 0. The van der Waals surface area contributed by atoms with Crippen molar-refractivity contribution in [2.45, 2.75) is 50.3 Å². The Bertz CT molecular complexity index is 412. The molecule has 2 nitrogen and oxygen atoms in total. The lowest BCUT2D eigenvalue weighted by molar-refractivity contribution is 0.144. The lowest BCUT2D eigenvalue weighted by Gasteiger charge is -2.25. The Morgan fingerprint density at radius 3 is 2.83 bits per heavy atom. The van der Waals surface area contributed by atoms with Crippen LogP contribution in [0.3, 0.4) is 0 Å². The monoisotopic (exact) mass is 318 g/mol. The molecule has 2 atom stereocenters. The molecule has 5 heteroatoms. The average molecular weight is 319 g/mol. The van der Waals surface area contributed by atoms with E-state index in [9.17, 15) is 8.78 Å². The van der Waals surface area contributed by atoms with Gasteiger partial charge in [0.25, 0.3) is 6.43 Å². The van der Waals surface area contributed by atoms with E-state index >= 15 is 0 Å². The van der Waals surface area contributed by atoms with Crippen LogP contribution in [0.5, 0.6) is 0 Å². The number of nitrogens with zero attached hydrogens (tertiary/aromatic N) is 2. The number of halogens is 3. The second-order valence-electron chi connectivity index (χ2n) is 5.04. The summed E-state index contributed by atoms with van der Waals surface area (Å²) >= 11 is 3.19. The summed E-state index contributed by atoms with van der Waals surface area (Å²) in [5, 5.41) is 0.369. The molecular weight excluding hydrogens is 302 g/mol. The van der Waals surface area contributed by atoms with E-state index in [0.717, 1.165) is 19.3 Å². The minimum absolute atomic E-state index is 0.116. The Balaban J connectivity index is 2.25. The number of alkyl halides is 3. The van der Waals surface area contributed by atoms with Crippen LogP contribution in [0, 0.1) is 5.92 Å². The normalized spacial score (nSPS) is 24.5. The molecule has 0 amide bonds. The third-order valence-corrected chi connectivity index (χ3v) is 4.17. The highest BCUT2D eigenvalue weighted by atomic mass is 79.9. The van der Waals surface area contributed by atoms with Crippen molar-refractivity contribution in [3.8, 4) is 0 Å². The van der Waals surface area contributed by atoms with Crippen LogP contribution in [0.15, 0.2) is 6.20 Å². The van der Waals surface area contributed by atoms with Gasteiger partial charge in [0.2, 0.25) is 0 Å². The summed E-state index contributed by atoms with van der Waals surface area (Å²) in [6.07, 6.45) is 3.40. The van der Waals surface area contributed by atoms with Gasteiger partial charge < -0.3 is 0 Å². The molecule has 0 spiro atoms. The van der Waals surface area contributed by atoms with Crippen LogP contribution in [0.25, 0.3) is 0 Å². The first kappa shape index (κ1) is 13.8. The number of rotatable bonds is 3. The maximum atomic E-state index is 12.9. The first-order valence-corrected chi connectivity index (χ1v) is 7.43. The van der Waals surface area contributed by atoms with Gasteiger partial charge >= 0.3 is 0 Å². The molecule has 1 heterocycles. The van der Waals surface area contributed by atoms with Crippen LogP contribution in [-0.4, -0.2) is 9.97 Å². The van der Waals surface area contributed by atoms with Gasteiger partial charge in [-0.2, -0.15) is 0 Å². The van der Waals surface area contributed by atoms with Crippen LogP contribution < -0.4 is 0 Å². The van der Waals surface area contributed by atoms with E-state index in [-0.39, 0.29) is 11.6 Å². The lowest BCUT2D eigenvalue weighted by Crippen LogP contribution is -2.15. The standard InChI is InChI=1S/C13H17BrF2N2/c1-8-3-2-4-9(5-8)13-17-7-10(6-14)11(18-13)12(15)16/h7-9,12H,2-6H2,1H3. The topological polar surface area (TPSA) is 25.8 Å². The van der Waals surface area contributed by atoms with Crippen molar-refractivity contribution in [3.05, 3.63) is 23.3 Å². The van der Waals surface area contributed by atoms with Crippen molar-refractivity contribution in [1.82, 2.24) is 9.97 Å². The maximum absolute atomic E-state index is 12.9. The second kappa shape index (κ2) is 6.04. The molecule has 2 unspecified atom stereocenters. The minimum atomic E-state index is -2.53. The SMILES string of the molecule is CC1CCCC(c2ncc(CBr)c(C(F)F)n2)C1. The van der Waals surface area contributed by atoms with Crippen LogP contribution in [0.1, 0.15) is 62.0 Å². The van der Waals surface area contributed by atoms with Crippen LogP contribution in [-0.2, 0) is 5.33 Å².